The van der Waals surface area contributed by atoms with E-state index in [4.69, 9.17) is 0 Å². The minimum Gasteiger partial charge on any atom is -0.355 e. The van der Waals surface area contributed by atoms with Gasteiger partial charge in [0.15, 0.2) is 0 Å². The third-order valence-electron chi connectivity index (χ3n) is 2.70. The van der Waals surface area contributed by atoms with Crippen LogP contribution < -0.4 is 5.32 Å². The molecule has 5 heteroatoms. The molecule has 0 aliphatic rings. The van der Waals surface area contributed by atoms with E-state index in [-0.39, 0.29) is 5.91 Å². The van der Waals surface area contributed by atoms with E-state index in [2.05, 4.69) is 22.4 Å². The Morgan fingerprint density at radius 3 is 2.62 bits per heavy atom. The van der Waals surface area contributed by atoms with Crippen LogP contribution in [0.3, 0.4) is 0 Å². The molecule has 1 aromatic carbocycles. The molecule has 0 bridgehead atoms. The fraction of sp³-hybridized carbons (Fsp3) is 0.250. The van der Waals surface area contributed by atoms with E-state index in [1.807, 2.05) is 42.1 Å². The molecule has 0 spiro atoms. The topological polar surface area (TPSA) is 42.0 Å². The van der Waals surface area contributed by atoms with Crippen LogP contribution in [-0.4, -0.2) is 28.9 Å². The quantitative estimate of drug-likeness (QED) is 0.599. The average Bonchev–Trinajstić information content (AvgIpc) is 2.54. The van der Waals surface area contributed by atoms with Crippen LogP contribution in [0, 0.1) is 0 Å². The normalized spacial score (nSPS) is 10.3. The van der Waals surface area contributed by atoms with Crippen molar-refractivity contribution in [3.05, 3.63) is 60.4 Å². The Balaban J connectivity index is 1.53. The van der Waals surface area contributed by atoms with Crippen LogP contribution in [0.5, 0.6) is 0 Å². The van der Waals surface area contributed by atoms with E-state index < -0.39 is 0 Å². The summed E-state index contributed by atoms with van der Waals surface area (Å²) in [6.07, 6.45) is 3.47. The van der Waals surface area contributed by atoms with Crippen LogP contribution >= 0.6 is 23.5 Å². The van der Waals surface area contributed by atoms with Gasteiger partial charge in [0.25, 0.3) is 0 Å². The lowest BCUT2D eigenvalue weighted by Crippen LogP contribution is -2.27. The van der Waals surface area contributed by atoms with Crippen LogP contribution in [0.4, 0.5) is 0 Å². The van der Waals surface area contributed by atoms with Crippen molar-refractivity contribution in [2.24, 2.45) is 0 Å². The second kappa shape index (κ2) is 9.47. The minimum absolute atomic E-state index is 0.0807. The van der Waals surface area contributed by atoms with Crippen LogP contribution in [0.15, 0.2) is 59.8 Å². The first-order valence-corrected chi connectivity index (χ1v) is 8.90. The number of carbonyl (C=O) groups excluding carboxylic acids is 1. The van der Waals surface area contributed by atoms with Crippen LogP contribution in [0.25, 0.3) is 0 Å². The highest BCUT2D eigenvalue weighted by Gasteiger charge is 2.02. The molecule has 1 aromatic heterocycles. The van der Waals surface area contributed by atoms with E-state index in [0.717, 1.165) is 16.4 Å². The summed E-state index contributed by atoms with van der Waals surface area (Å²) in [4.78, 5) is 16.7. The summed E-state index contributed by atoms with van der Waals surface area (Å²) in [6.45, 7) is 0.716. The highest BCUT2D eigenvalue weighted by atomic mass is 32.2. The highest BCUT2D eigenvalue weighted by Crippen LogP contribution is 2.15. The Hall–Kier alpha value is -1.46. The maximum absolute atomic E-state index is 11.7. The van der Waals surface area contributed by atoms with Crippen LogP contribution in [-0.2, 0) is 10.5 Å². The molecule has 0 unspecified atom stereocenters. The molecule has 21 heavy (non-hydrogen) atoms. The fourth-order valence-electron chi connectivity index (χ4n) is 1.66. The van der Waals surface area contributed by atoms with Crippen LogP contribution in [0.1, 0.15) is 5.56 Å². The molecule has 0 atom stereocenters. The first kappa shape index (κ1) is 15.9. The number of amides is 1. The molecule has 1 amide bonds. The van der Waals surface area contributed by atoms with Crippen molar-refractivity contribution in [2.75, 3.05) is 18.1 Å². The largest absolute Gasteiger partial charge is 0.355 e. The van der Waals surface area contributed by atoms with Gasteiger partial charge in [-0.25, -0.2) is 0 Å². The van der Waals surface area contributed by atoms with Crippen molar-refractivity contribution in [3.63, 3.8) is 0 Å². The predicted molar refractivity (Wildman–Crippen MR) is 90.6 cm³/mol. The summed E-state index contributed by atoms with van der Waals surface area (Å²) < 4.78 is 0. The summed E-state index contributed by atoms with van der Waals surface area (Å²) >= 11 is 3.36. The van der Waals surface area contributed by atoms with Crippen molar-refractivity contribution in [3.8, 4) is 0 Å². The van der Waals surface area contributed by atoms with Crippen molar-refractivity contribution < 1.29 is 4.79 Å². The molecular weight excluding hydrogens is 300 g/mol. The van der Waals surface area contributed by atoms with Crippen molar-refractivity contribution in [1.29, 1.82) is 0 Å². The summed E-state index contributed by atoms with van der Waals surface area (Å²) in [6, 6.07) is 14.2. The Bertz CT molecular complexity index is 534. The van der Waals surface area contributed by atoms with E-state index in [1.54, 1.807) is 12.4 Å². The minimum atomic E-state index is 0.0807. The molecule has 1 N–H and O–H groups in total. The number of carbonyl (C=O) groups is 1. The zero-order valence-corrected chi connectivity index (χ0v) is 13.3. The Morgan fingerprint density at radius 2 is 1.86 bits per heavy atom. The standard InChI is InChI=1S/C16H18N2OS2/c19-16(13-21-15-6-8-17-9-7-15)18-10-11-20-12-14-4-2-1-3-5-14/h1-9H,10-13H2,(H,18,19). The molecular formula is C16H18N2OS2. The number of rotatable bonds is 8. The Kier molecular flexibility index (Phi) is 7.18. The molecule has 0 saturated heterocycles. The number of hydrogen-bond donors (Lipinski definition) is 1. The molecule has 0 saturated carbocycles. The molecule has 110 valence electrons. The lowest BCUT2D eigenvalue weighted by atomic mass is 10.2. The lowest BCUT2D eigenvalue weighted by Gasteiger charge is -2.05. The molecule has 0 aliphatic heterocycles. The number of aromatic nitrogens is 1. The number of thioether (sulfide) groups is 2. The van der Waals surface area contributed by atoms with Gasteiger partial charge in [-0.1, -0.05) is 30.3 Å². The number of pyridine rings is 1. The van der Waals surface area contributed by atoms with Crippen molar-refractivity contribution >= 4 is 29.4 Å². The summed E-state index contributed by atoms with van der Waals surface area (Å²) in [5.74, 6) is 2.45. The molecule has 1 heterocycles. The number of benzene rings is 1. The van der Waals surface area contributed by atoms with E-state index in [0.29, 0.717) is 12.3 Å². The number of nitrogens with zero attached hydrogens (tertiary/aromatic N) is 1. The molecule has 0 fully saturated rings. The van der Waals surface area contributed by atoms with Gasteiger partial charge in [-0.3, -0.25) is 9.78 Å². The van der Waals surface area contributed by atoms with Gasteiger partial charge in [0, 0.05) is 35.3 Å². The molecule has 0 radical (unpaired) electrons. The van der Waals surface area contributed by atoms with Gasteiger partial charge in [-0.05, 0) is 17.7 Å². The molecule has 3 nitrogen and oxygen atoms in total. The van der Waals surface area contributed by atoms with Gasteiger partial charge < -0.3 is 5.32 Å². The molecule has 0 aliphatic carbocycles. The first-order valence-electron chi connectivity index (χ1n) is 6.76. The predicted octanol–water partition coefficient (Wildman–Crippen LogP) is 3.22. The molecule has 2 aromatic rings. The lowest BCUT2D eigenvalue weighted by molar-refractivity contribution is -0.118. The van der Waals surface area contributed by atoms with Crippen molar-refractivity contribution in [1.82, 2.24) is 10.3 Å². The zero-order chi connectivity index (χ0) is 14.8. The van der Waals surface area contributed by atoms with Gasteiger partial charge in [-0.15, -0.1) is 11.8 Å². The highest BCUT2D eigenvalue weighted by molar-refractivity contribution is 8.00. The average molecular weight is 318 g/mol. The van der Waals surface area contributed by atoms with Gasteiger partial charge in [-0.2, -0.15) is 11.8 Å². The summed E-state index contributed by atoms with van der Waals surface area (Å²) in [5, 5.41) is 2.94. The Morgan fingerprint density at radius 1 is 1.10 bits per heavy atom. The van der Waals surface area contributed by atoms with E-state index >= 15 is 0 Å². The summed E-state index contributed by atoms with van der Waals surface area (Å²) in [5.41, 5.74) is 1.32. The van der Waals surface area contributed by atoms with E-state index in [9.17, 15) is 4.79 Å². The van der Waals surface area contributed by atoms with Gasteiger partial charge in [0.05, 0.1) is 5.75 Å². The Labute approximate surface area is 133 Å². The van der Waals surface area contributed by atoms with Gasteiger partial charge >= 0.3 is 0 Å². The third-order valence-corrected chi connectivity index (χ3v) is 4.74. The third kappa shape index (κ3) is 6.69. The first-order chi connectivity index (χ1) is 10.3. The summed E-state index contributed by atoms with van der Waals surface area (Å²) in [7, 11) is 0. The van der Waals surface area contributed by atoms with Gasteiger partial charge in [0.2, 0.25) is 5.91 Å². The second-order valence-corrected chi connectivity index (χ2v) is 6.51. The number of hydrogen-bond acceptors (Lipinski definition) is 4. The van der Waals surface area contributed by atoms with E-state index in [1.165, 1.54) is 17.3 Å². The maximum Gasteiger partial charge on any atom is 0.230 e. The van der Waals surface area contributed by atoms with Crippen LogP contribution in [0.2, 0.25) is 0 Å². The maximum atomic E-state index is 11.7. The molecule has 2 rings (SSSR count). The smallest absolute Gasteiger partial charge is 0.230 e. The van der Waals surface area contributed by atoms with Crippen molar-refractivity contribution in [2.45, 2.75) is 10.6 Å². The second-order valence-electron chi connectivity index (χ2n) is 4.36. The monoisotopic (exact) mass is 318 g/mol. The SMILES string of the molecule is O=C(CSc1ccncc1)NCCSCc1ccccc1. The number of nitrogens with one attached hydrogen (secondary N) is 1. The van der Waals surface area contributed by atoms with Gasteiger partial charge in [0.1, 0.15) is 0 Å². The zero-order valence-electron chi connectivity index (χ0n) is 11.7. The fourth-order valence-corrected chi connectivity index (χ4v) is 3.19.